The average molecular weight is 499 g/mol. The maximum Gasteiger partial charge on any atom is 0.259 e. The van der Waals surface area contributed by atoms with Gasteiger partial charge in [0.2, 0.25) is 11.8 Å². The van der Waals surface area contributed by atoms with E-state index >= 15 is 0 Å². The SMILES string of the molecule is CC(C)C#Cc1cnc2c(c1)C(=O)N([C@@H](C)CO)C[C@H](C)[C@@H](CN(C)C(=O)CCN1CCCCC1)O2. The lowest BCUT2D eigenvalue weighted by Crippen LogP contribution is -2.50. The molecule has 0 unspecified atom stereocenters. The summed E-state index contributed by atoms with van der Waals surface area (Å²) in [6, 6.07) is 1.36. The number of hydrogen-bond donors (Lipinski definition) is 1. The highest BCUT2D eigenvalue weighted by Crippen LogP contribution is 2.27. The number of likely N-dealkylation sites (tertiary alicyclic amines) is 1. The number of rotatable bonds is 7. The Labute approximate surface area is 216 Å². The Morgan fingerprint density at radius 3 is 2.67 bits per heavy atom. The van der Waals surface area contributed by atoms with Crippen molar-refractivity contribution in [2.45, 2.75) is 65.5 Å². The average Bonchev–Trinajstić information content (AvgIpc) is 2.88. The zero-order chi connectivity index (χ0) is 26.2. The summed E-state index contributed by atoms with van der Waals surface area (Å²) >= 11 is 0. The van der Waals surface area contributed by atoms with Crippen LogP contribution in [0.3, 0.4) is 0 Å². The molecule has 3 rings (SSSR count). The first-order valence-electron chi connectivity index (χ1n) is 13.3. The van der Waals surface area contributed by atoms with Gasteiger partial charge in [-0.2, -0.15) is 0 Å². The molecule has 1 aromatic rings. The Hall–Kier alpha value is -2.63. The number of pyridine rings is 1. The fourth-order valence-corrected chi connectivity index (χ4v) is 4.62. The molecule has 1 saturated heterocycles. The minimum atomic E-state index is -0.360. The van der Waals surface area contributed by atoms with Gasteiger partial charge in [0.1, 0.15) is 11.7 Å². The molecule has 0 aliphatic carbocycles. The van der Waals surface area contributed by atoms with E-state index in [0.29, 0.717) is 30.6 Å². The topological polar surface area (TPSA) is 86.2 Å². The first kappa shape index (κ1) is 27.9. The van der Waals surface area contributed by atoms with E-state index in [4.69, 9.17) is 4.74 Å². The van der Waals surface area contributed by atoms with E-state index in [1.807, 2.05) is 34.7 Å². The van der Waals surface area contributed by atoms with Crippen molar-refractivity contribution in [2.24, 2.45) is 11.8 Å². The van der Waals surface area contributed by atoms with Gasteiger partial charge < -0.3 is 24.5 Å². The number of carbonyl (C=O) groups is 2. The summed E-state index contributed by atoms with van der Waals surface area (Å²) < 4.78 is 6.30. The maximum atomic E-state index is 13.5. The van der Waals surface area contributed by atoms with Crippen molar-refractivity contribution >= 4 is 11.8 Å². The monoisotopic (exact) mass is 498 g/mol. The maximum absolute atomic E-state index is 13.5. The Morgan fingerprint density at radius 1 is 1.28 bits per heavy atom. The number of hydrogen-bond acceptors (Lipinski definition) is 6. The zero-order valence-corrected chi connectivity index (χ0v) is 22.5. The molecule has 36 heavy (non-hydrogen) atoms. The molecular formula is C28H42N4O4. The fraction of sp³-hybridized carbons (Fsp3) is 0.679. The van der Waals surface area contributed by atoms with E-state index in [1.54, 1.807) is 22.1 Å². The van der Waals surface area contributed by atoms with Crippen molar-refractivity contribution in [1.82, 2.24) is 19.7 Å². The van der Waals surface area contributed by atoms with Gasteiger partial charge in [-0.25, -0.2) is 4.98 Å². The summed E-state index contributed by atoms with van der Waals surface area (Å²) in [4.78, 5) is 36.6. The van der Waals surface area contributed by atoms with Crippen molar-refractivity contribution in [3.05, 3.63) is 23.4 Å². The van der Waals surface area contributed by atoms with Crippen LogP contribution in [-0.2, 0) is 4.79 Å². The summed E-state index contributed by atoms with van der Waals surface area (Å²) in [5.74, 6) is 6.39. The number of likely N-dealkylation sites (N-methyl/N-ethyl adjacent to an activating group) is 1. The van der Waals surface area contributed by atoms with Crippen molar-refractivity contribution in [1.29, 1.82) is 0 Å². The molecule has 8 nitrogen and oxygen atoms in total. The molecule has 1 fully saturated rings. The second-order valence-electron chi connectivity index (χ2n) is 10.6. The number of nitrogens with zero attached hydrogens (tertiary/aromatic N) is 4. The second-order valence-corrected chi connectivity index (χ2v) is 10.6. The van der Waals surface area contributed by atoms with Crippen LogP contribution in [0.1, 0.15) is 69.3 Å². The molecule has 8 heteroatoms. The van der Waals surface area contributed by atoms with Crippen molar-refractivity contribution in [3.8, 4) is 17.7 Å². The van der Waals surface area contributed by atoms with Crippen LogP contribution in [0.4, 0.5) is 0 Å². The number of fused-ring (bicyclic) bond motifs is 1. The Bertz CT molecular complexity index is 964. The van der Waals surface area contributed by atoms with E-state index < -0.39 is 0 Å². The lowest BCUT2D eigenvalue weighted by molar-refractivity contribution is -0.131. The van der Waals surface area contributed by atoms with E-state index in [0.717, 1.165) is 19.6 Å². The standard InChI is InChI=1S/C28H42N4O4/c1-20(2)9-10-23-15-24-27(29-16-23)36-25(21(3)17-32(28(24)35)22(4)19-33)18-30(5)26(34)11-14-31-12-7-6-8-13-31/h15-16,20-22,25,33H,6-8,11-14,17-19H2,1-5H3/t21-,22-,25+/m0/s1. The van der Waals surface area contributed by atoms with Crippen LogP contribution in [0.15, 0.2) is 12.3 Å². The molecule has 0 aromatic carbocycles. The molecule has 0 radical (unpaired) electrons. The van der Waals surface area contributed by atoms with Crippen LogP contribution in [0, 0.1) is 23.7 Å². The van der Waals surface area contributed by atoms with E-state index in [2.05, 4.69) is 21.7 Å². The van der Waals surface area contributed by atoms with E-state index in [9.17, 15) is 14.7 Å². The quantitative estimate of drug-likeness (QED) is 0.582. The Balaban J connectivity index is 1.79. The molecule has 3 atom stereocenters. The number of carbonyl (C=O) groups excluding carboxylic acids is 2. The highest BCUT2D eigenvalue weighted by Gasteiger charge is 2.34. The molecule has 198 valence electrons. The molecule has 2 aliphatic heterocycles. The van der Waals surface area contributed by atoms with Gasteiger partial charge in [0, 0.05) is 50.2 Å². The molecule has 1 N–H and O–H groups in total. The van der Waals surface area contributed by atoms with Gasteiger partial charge in [0.15, 0.2) is 0 Å². The summed E-state index contributed by atoms with van der Waals surface area (Å²) in [6.45, 7) is 11.4. The third-order valence-corrected chi connectivity index (χ3v) is 7.00. The zero-order valence-electron chi connectivity index (χ0n) is 22.5. The molecule has 0 spiro atoms. The van der Waals surface area contributed by atoms with Gasteiger partial charge in [0.05, 0.1) is 19.2 Å². The van der Waals surface area contributed by atoms with E-state index in [-0.39, 0.29) is 48.3 Å². The minimum Gasteiger partial charge on any atom is -0.472 e. The Kier molecular flexibility index (Phi) is 10.1. The number of aliphatic hydroxyl groups is 1. The molecule has 0 saturated carbocycles. The normalized spacial score (nSPS) is 21.5. The number of aliphatic hydroxyl groups excluding tert-OH is 1. The fourth-order valence-electron chi connectivity index (χ4n) is 4.62. The molecule has 3 heterocycles. The highest BCUT2D eigenvalue weighted by molar-refractivity contribution is 5.97. The van der Waals surface area contributed by atoms with Crippen LogP contribution < -0.4 is 4.74 Å². The van der Waals surface area contributed by atoms with Crippen LogP contribution in [0.5, 0.6) is 5.88 Å². The first-order chi connectivity index (χ1) is 17.2. The van der Waals surface area contributed by atoms with Crippen molar-refractivity contribution in [2.75, 3.05) is 46.4 Å². The third-order valence-electron chi connectivity index (χ3n) is 7.00. The lowest BCUT2D eigenvalue weighted by Gasteiger charge is -2.37. The van der Waals surface area contributed by atoms with E-state index in [1.165, 1.54) is 19.3 Å². The summed E-state index contributed by atoms with van der Waals surface area (Å²) in [5, 5.41) is 9.83. The molecule has 2 amide bonds. The van der Waals surface area contributed by atoms with Gasteiger partial charge in [-0.05, 0) is 38.9 Å². The van der Waals surface area contributed by atoms with Crippen molar-refractivity contribution in [3.63, 3.8) is 0 Å². The van der Waals surface area contributed by atoms with Gasteiger partial charge in [-0.1, -0.05) is 39.0 Å². The Morgan fingerprint density at radius 2 is 2.00 bits per heavy atom. The number of ether oxygens (including phenoxy) is 1. The van der Waals surface area contributed by atoms with Crippen molar-refractivity contribution < 1.29 is 19.4 Å². The second kappa shape index (κ2) is 13.1. The number of piperidine rings is 1. The predicted octanol–water partition coefficient (Wildman–Crippen LogP) is 2.64. The molecule has 1 aromatic heterocycles. The number of aromatic nitrogens is 1. The van der Waals surface area contributed by atoms with Crippen LogP contribution in [0.25, 0.3) is 0 Å². The first-order valence-corrected chi connectivity index (χ1v) is 13.3. The third kappa shape index (κ3) is 7.44. The number of amides is 2. The minimum absolute atomic E-state index is 0.0735. The summed E-state index contributed by atoms with van der Waals surface area (Å²) in [5.41, 5.74) is 0.980. The molecule has 2 aliphatic rings. The van der Waals surface area contributed by atoms with Crippen LogP contribution in [0.2, 0.25) is 0 Å². The van der Waals surface area contributed by atoms with Gasteiger partial charge >= 0.3 is 0 Å². The highest BCUT2D eigenvalue weighted by atomic mass is 16.5. The summed E-state index contributed by atoms with van der Waals surface area (Å²) in [6.07, 6.45) is 5.44. The van der Waals surface area contributed by atoms with Gasteiger partial charge in [-0.3, -0.25) is 9.59 Å². The smallest absolute Gasteiger partial charge is 0.259 e. The van der Waals surface area contributed by atoms with Gasteiger partial charge in [-0.15, -0.1) is 0 Å². The molecular weight excluding hydrogens is 456 g/mol. The molecule has 0 bridgehead atoms. The van der Waals surface area contributed by atoms with Gasteiger partial charge in [0.25, 0.3) is 5.91 Å². The predicted molar refractivity (Wildman–Crippen MR) is 140 cm³/mol. The van der Waals surface area contributed by atoms with Crippen LogP contribution >= 0.6 is 0 Å². The lowest BCUT2D eigenvalue weighted by atomic mass is 9.99. The van der Waals surface area contributed by atoms with Crippen LogP contribution in [-0.4, -0.2) is 95.1 Å². The summed E-state index contributed by atoms with van der Waals surface area (Å²) in [7, 11) is 1.81. The largest absolute Gasteiger partial charge is 0.472 e.